The minimum atomic E-state index is 0.567. The molecule has 0 bridgehead atoms. The van der Waals surface area contributed by atoms with E-state index < -0.39 is 0 Å². The summed E-state index contributed by atoms with van der Waals surface area (Å²) in [6.45, 7) is 1.30. The lowest BCUT2D eigenvalue weighted by Crippen LogP contribution is -2.09. The van der Waals surface area contributed by atoms with E-state index in [9.17, 15) is 0 Å². The van der Waals surface area contributed by atoms with Crippen molar-refractivity contribution in [3.63, 3.8) is 0 Å². The predicted octanol–water partition coefficient (Wildman–Crippen LogP) is 3.08. The van der Waals surface area contributed by atoms with Gasteiger partial charge in [-0.2, -0.15) is 0 Å². The molecule has 0 aliphatic heterocycles. The zero-order valence-electron chi connectivity index (χ0n) is 10.9. The number of hydrogen-bond acceptors (Lipinski definition) is 3. The lowest BCUT2D eigenvalue weighted by atomic mass is 10.2. The predicted molar refractivity (Wildman–Crippen MR) is 77.7 cm³/mol. The molecule has 0 saturated heterocycles. The van der Waals surface area contributed by atoms with Crippen molar-refractivity contribution in [2.75, 3.05) is 13.7 Å². The van der Waals surface area contributed by atoms with E-state index in [0.29, 0.717) is 11.6 Å². The zero-order valence-corrected chi connectivity index (χ0v) is 11.7. The third kappa shape index (κ3) is 3.94. The summed E-state index contributed by atoms with van der Waals surface area (Å²) in [5.41, 5.74) is 2.08. The van der Waals surface area contributed by atoms with Gasteiger partial charge in [0.05, 0.1) is 11.6 Å². The fraction of sp³-hybridized carbons (Fsp3) is 0.267. The zero-order chi connectivity index (χ0) is 13.5. The lowest BCUT2D eigenvalue weighted by Gasteiger charge is -2.12. The average Bonchev–Trinajstić information content (AvgIpc) is 2.43. The molecule has 19 heavy (non-hydrogen) atoms. The normalized spacial score (nSPS) is 10.4. The van der Waals surface area contributed by atoms with E-state index in [1.165, 1.54) is 0 Å². The van der Waals surface area contributed by atoms with Crippen LogP contribution in [0.2, 0.25) is 5.02 Å². The van der Waals surface area contributed by atoms with Crippen molar-refractivity contribution in [2.45, 2.75) is 13.0 Å². The SMILES string of the molecule is CNCc1cccc(Cl)c1OCCc1ccccn1. The fourth-order valence-electron chi connectivity index (χ4n) is 1.85. The summed E-state index contributed by atoms with van der Waals surface area (Å²) in [5, 5.41) is 3.76. The molecule has 0 radical (unpaired) electrons. The minimum absolute atomic E-state index is 0.567. The lowest BCUT2D eigenvalue weighted by molar-refractivity contribution is 0.317. The van der Waals surface area contributed by atoms with Crippen LogP contribution in [-0.4, -0.2) is 18.6 Å². The van der Waals surface area contributed by atoms with Crippen molar-refractivity contribution in [2.24, 2.45) is 0 Å². The van der Waals surface area contributed by atoms with Crippen molar-refractivity contribution in [3.8, 4) is 5.75 Å². The molecule has 100 valence electrons. The van der Waals surface area contributed by atoms with Gasteiger partial charge in [0, 0.05) is 30.4 Å². The van der Waals surface area contributed by atoms with E-state index >= 15 is 0 Å². The number of benzene rings is 1. The average molecular weight is 277 g/mol. The Morgan fingerprint density at radius 1 is 1.21 bits per heavy atom. The van der Waals surface area contributed by atoms with Gasteiger partial charge < -0.3 is 10.1 Å². The van der Waals surface area contributed by atoms with Crippen LogP contribution in [0.4, 0.5) is 0 Å². The molecule has 2 aromatic rings. The Morgan fingerprint density at radius 3 is 2.84 bits per heavy atom. The van der Waals surface area contributed by atoms with Gasteiger partial charge in [0.1, 0.15) is 5.75 Å². The van der Waals surface area contributed by atoms with E-state index in [2.05, 4.69) is 10.3 Å². The molecular formula is C15H17ClN2O. The molecule has 0 aliphatic carbocycles. The number of rotatable bonds is 6. The molecule has 0 fully saturated rings. The Balaban J connectivity index is 1.99. The van der Waals surface area contributed by atoms with Crippen molar-refractivity contribution in [3.05, 3.63) is 58.9 Å². The highest BCUT2D eigenvalue weighted by Crippen LogP contribution is 2.28. The first kappa shape index (κ1) is 13.8. The van der Waals surface area contributed by atoms with Crippen LogP contribution in [0.25, 0.3) is 0 Å². The fourth-order valence-corrected chi connectivity index (χ4v) is 2.10. The molecule has 0 aliphatic rings. The van der Waals surface area contributed by atoms with Crippen molar-refractivity contribution in [1.82, 2.24) is 10.3 Å². The molecule has 1 aromatic carbocycles. The highest BCUT2D eigenvalue weighted by atomic mass is 35.5. The van der Waals surface area contributed by atoms with E-state index in [1.54, 1.807) is 6.20 Å². The second-order valence-corrected chi connectivity index (χ2v) is 4.59. The highest BCUT2D eigenvalue weighted by molar-refractivity contribution is 6.32. The smallest absolute Gasteiger partial charge is 0.142 e. The molecule has 0 saturated carbocycles. The number of halogens is 1. The van der Waals surface area contributed by atoms with Gasteiger partial charge in [-0.1, -0.05) is 29.8 Å². The maximum atomic E-state index is 6.18. The summed E-state index contributed by atoms with van der Waals surface area (Å²) in [7, 11) is 1.90. The Labute approximate surface area is 118 Å². The number of aromatic nitrogens is 1. The van der Waals surface area contributed by atoms with Crippen LogP contribution in [0.1, 0.15) is 11.3 Å². The van der Waals surface area contributed by atoms with E-state index in [4.69, 9.17) is 16.3 Å². The molecule has 1 heterocycles. The number of nitrogens with one attached hydrogen (secondary N) is 1. The maximum Gasteiger partial charge on any atom is 0.142 e. The van der Waals surface area contributed by atoms with Gasteiger partial charge in [-0.25, -0.2) is 0 Å². The quantitative estimate of drug-likeness (QED) is 0.880. The van der Waals surface area contributed by atoms with E-state index in [0.717, 1.165) is 30.0 Å². The van der Waals surface area contributed by atoms with Gasteiger partial charge in [0.25, 0.3) is 0 Å². The van der Waals surface area contributed by atoms with Crippen LogP contribution in [0, 0.1) is 0 Å². The third-order valence-electron chi connectivity index (χ3n) is 2.75. The summed E-state index contributed by atoms with van der Waals surface area (Å²) in [6, 6.07) is 11.7. The van der Waals surface area contributed by atoms with Gasteiger partial charge in [-0.3, -0.25) is 4.98 Å². The first-order valence-electron chi connectivity index (χ1n) is 6.26. The van der Waals surface area contributed by atoms with Gasteiger partial charge >= 0.3 is 0 Å². The molecule has 3 nitrogen and oxygen atoms in total. The van der Waals surface area contributed by atoms with Crippen molar-refractivity contribution < 1.29 is 4.74 Å². The van der Waals surface area contributed by atoms with Crippen LogP contribution in [-0.2, 0) is 13.0 Å². The molecular weight excluding hydrogens is 260 g/mol. The van der Waals surface area contributed by atoms with Crippen LogP contribution in [0.3, 0.4) is 0 Å². The first-order chi connectivity index (χ1) is 9.31. The van der Waals surface area contributed by atoms with Gasteiger partial charge in [-0.15, -0.1) is 0 Å². The first-order valence-corrected chi connectivity index (χ1v) is 6.63. The van der Waals surface area contributed by atoms with Crippen LogP contribution >= 0.6 is 11.6 Å². The summed E-state index contributed by atoms with van der Waals surface area (Å²) < 4.78 is 5.81. The molecule has 2 rings (SSSR count). The minimum Gasteiger partial charge on any atom is -0.491 e. The molecule has 1 N–H and O–H groups in total. The van der Waals surface area contributed by atoms with Gasteiger partial charge in [0.15, 0.2) is 0 Å². The van der Waals surface area contributed by atoms with Crippen LogP contribution in [0.15, 0.2) is 42.6 Å². The molecule has 4 heteroatoms. The summed E-state index contributed by atoms with van der Waals surface area (Å²) >= 11 is 6.18. The van der Waals surface area contributed by atoms with Crippen LogP contribution in [0.5, 0.6) is 5.75 Å². The third-order valence-corrected chi connectivity index (χ3v) is 3.04. The second kappa shape index (κ2) is 7.12. The monoisotopic (exact) mass is 276 g/mol. The Bertz CT molecular complexity index is 517. The molecule has 0 spiro atoms. The standard InChI is InChI=1S/C15H17ClN2O/c1-17-11-12-5-4-7-14(16)15(12)19-10-8-13-6-2-3-9-18-13/h2-7,9,17H,8,10-11H2,1H3. The number of hydrogen-bond donors (Lipinski definition) is 1. The van der Waals surface area contributed by atoms with Gasteiger partial charge in [-0.05, 0) is 25.2 Å². The van der Waals surface area contributed by atoms with Crippen molar-refractivity contribution >= 4 is 11.6 Å². The molecule has 0 unspecified atom stereocenters. The number of nitrogens with zero attached hydrogens (tertiary/aromatic N) is 1. The second-order valence-electron chi connectivity index (χ2n) is 4.18. The van der Waals surface area contributed by atoms with Crippen molar-refractivity contribution in [1.29, 1.82) is 0 Å². The molecule has 0 atom stereocenters. The number of para-hydroxylation sites is 1. The maximum absolute atomic E-state index is 6.18. The topological polar surface area (TPSA) is 34.1 Å². The van der Waals surface area contributed by atoms with E-state index in [1.807, 2.05) is 43.4 Å². The molecule has 0 amide bonds. The Hall–Kier alpha value is -1.58. The Kier molecular flexibility index (Phi) is 5.19. The largest absolute Gasteiger partial charge is 0.491 e. The van der Waals surface area contributed by atoms with E-state index in [-0.39, 0.29) is 0 Å². The Morgan fingerprint density at radius 2 is 2.11 bits per heavy atom. The molecule has 1 aromatic heterocycles. The highest BCUT2D eigenvalue weighted by Gasteiger charge is 2.07. The summed E-state index contributed by atoms with van der Waals surface area (Å²) in [4.78, 5) is 4.27. The number of ether oxygens (including phenoxy) is 1. The summed E-state index contributed by atoms with van der Waals surface area (Å²) in [5.74, 6) is 0.759. The van der Waals surface area contributed by atoms with Crippen LogP contribution < -0.4 is 10.1 Å². The summed E-state index contributed by atoms with van der Waals surface area (Å²) in [6.07, 6.45) is 2.56. The number of pyridine rings is 1. The van der Waals surface area contributed by atoms with Gasteiger partial charge in [0.2, 0.25) is 0 Å².